The van der Waals surface area contributed by atoms with Gasteiger partial charge in [0.05, 0.1) is 11.4 Å². The number of carbonyl (C=O) groups excluding carboxylic acids is 2. The number of nitrogens with one attached hydrogen (secondary N) is 2. The number of nitrogens with zero attached hydrogens (tertiary/aromatic N) is 1. The highest BCUT2D eigenvalue weighted by Gasteiger charge is 2.18. The molecule has 6 nitrogen and oxygen atoms in total. The van der Waals surface area contributed by atoms with Crippen LogP contribution in [0.2, 0.25) is 0 Å². The zero-order valence-electron chi connectivity index (χ0n) is 13.6. The molecule has 0 saturated heterocycles. The van der Waals surface area contributed by atoms with E-state index in [2.05, 4.69) is 15.6 Å². The average Bonchev–Trinajstić information content (AvgIpc) is 3.03. The molecular weight excluding hydrogens is 326 g/mol. The first kappa shape index (κ1) is 16.4. The molecule has 2 aromatic rings. The molecule has 2 heterocycles. The fourth-order valence-corrected chi connectivity index (χ4v) is 3.30. The lowest BCUT2D eigenvalue weighted by Gasteiger charge is -2.18. The zero-order valence-corrected chi connectivity index (χ0v) is 14.4. The van der Waals surface area contributed by atoms with Crippen LogP contribution in [0.4, 0.5) is 10.8 Å². The van der Waals surface area contributed by atoms with Crippen LogP contribution >= 0.6 is 11.3 Å². The first-order valence-electron chi connectivity index (χ1n) is 7.94. The highest BCUT2D eigenvalue weighted by Crippen LogP contribution is 2.33. The molecule has 1 aliphatic rings. The maximum Gasteiger partial charge on any atom is 0.262 e. The van der Waals surface area contributed by atoms with Gasteiger partial charge in [-0.1, -0.05) is 13.8 Å². The maximum absolute atomic E-state index is 12.1. The molecule has 0 radical (unpaired) electrons. The molecule has 0 aliphatic carbocycles. The van der Waals surface area contributed by atoms with E-state index in [1.807, 2.05) is 37.4 Å². The van der Waals surface area contributed by atoms with Crippen molar-refractivity contribution in [1.29, 1.82) is 0 Å². The van der Waals surface area contributed by atoms with Gasteiger partial charge in [0.1, 0.15) is 5.75 Å². The molecule has 0 spiro atoms. The van der Waals surface area contributed by atoms with E-state index in [9.17, 15) is 9.59 Å². The minimum Gasteiger partial charge on any atom is -0.482 e. The van der Waals surface area contributed by atoms with Crippen LogP contribution in [-0.4, -0.2) is 23.4 Å². The van der Waals surface area contributed by atoms with Crippen LogP contribution in [0.1, 0.15) is 26.7 Å². The number of fused-ring (bicyclic) bond motifs is 1. The number of ether oxygens (including phenoxy) is 1. The molecule has 126 valence electrons. The van der Waals surface area contributed by atoms with Crippen molar-refractivity contribution in [1.82, 2.24) is 4.98 Å². The van der Waals surface area contributed by atoms with Crippen LogP contribution in [0.5, 0.6) is 5.75 Å². The maximum atomic E-state index is 12.1. The number of amides is 2. The summed E-state index contributed by atoms with van der Waals surface area (Å²) in [4.78, 5) is 28.0. The van der Waals surface area contributed by atoms with Crippen molar-refractivity contribution in [3.63, 3.8) is 0 Å². The fourth-order valence-electron chi connectivity index (χ4n) is 2.57. The Morgan fingerprint density at radius 2 is 2.21 bits per heavy atom. The number of benzene rings is 1. The van der Waals surface area contributed by atoms with Crippen molar-refractivity contribution < 1.29 is 14.3 Å². The first-order chi connectivity index (χ1) is 11.6. The number of aromatic nitrogens is 1. The van der Waals surface area contributed by atoms with E-state index in [1.165, 1.54) is 11.3 Å². The van der Waals surface area contributed by atoms with Crippen LogP contribution in [0.3, 0.4) is 0 Å². The van der Waals surface area contributed by atoms with Crippen molar-refractivity contribution in [3.05, 3.63) is 23.6 Å². The Kier molecular flexibility index (Phi) is 4.80. The van der Waals surface area contributed by atoms with E-state index in [-0.39, 0.29) is 24.3 Å². The van der Waals surface area contributed by atoms with E-state index in [4.69, 9.17) is 4.74 Å². The number of hydrogen-bond acceptors (Lipinski definition) is 5. The topological polar surface area (TPSA) is 80.3 Å². The summed E-state index contributed by atoms with van der Waals surface area (Å²) in [6, 6.07) is 5.53. The van der Waals surface area contributed by atoms with Gasteiger partial charge in [0.25, 0.3) is 5.91 Å². The number of rotatable bonds is 5. The molecule has 24 heavy (non-hydrogen) atoms. The molecule has 2 N–H and O–H groups in total. The summed E-state index contributed by atoms with van der Waals surface area (Å²) >= 11 is 1.39. The largest absolute Gasteiger partial charge is 0.482 e. The molecular formula is C17H19N3O3S. The highest BCUT2D eigenvalue weighted by atomic mass is 32.1. The van der Waals surface area contributed by atoms with Gasteiger partial charge in [0.15, 0.2) is 11.7 Å². The molecule has 2 amide bonds. The Hall–Kier alpha value is -2.41. The third-order valence-corrected chi connectivity index (χ3v) is 4.76. The molecule has 0 atom stereocenters. The van der Waals surface area contributed by atoms with Crippen LogP contribution in [-0.2, 0) is 9.59 Å². The predicted octanol–water partition coefficient (Wildman–Crippen LogP) is 3.52. The Morgan fingerprint density at radius 3 is 2.96 bits per heavy atom. The van der Waals surface area contributed by atoms with E-state index < -0.39 is 0 Å². The molecule has 0 unspecified atom stereocenters. The van der Waals surface area contributed by atoms with Gasteiger partial charge in [-0.2, -0.15) is 0 Å². The van der Waals surface area contributed by atoms with Crippen molar-refractivity contribution in [2.24, 2.45) is 5.92 Å². The molecule has 3 rings (SSSR count). The van der Waals surface area contributed by atoms with Crippen molar-refractivity contribution in [2.45, 2.75) is 26.7 Å². The summed E-state index contributed by atoms with van der Waals surface area (Å²) < 4.78 is 5.35. The summed E-state index contributed by atoms with van der Waals surface area (Å²) in [5.41, 5.74) is 2.25. The first-order valence-corrected chi connectivity index (χ1v) is 8.82. The van der Waals surface area contributed by atoms with Gasteiger partial charge in [-0.05, 0) is 31.0 Å². The second-order valence-electron chi connectivity index (χ2n) is 5.59. The normalized spacial score (nSPS) is 13.2. The van der Waals surface area contributed by atoms with Crippen molar-refractivity contribution in [3.8, 4) is 17.0 Å². The van der Waals surface area contributed by atoms with Crippen LogP contribution in [0.25, 0.3) is 11.3 Å². The van der Waals surface area contributed by atoms with Gasteiger partial charge in [0, 0.05) is 16.9 Å². The average molecular weight is 345 g/mol. The summed E-state index contributed by atoms with van der Waals surface area (Å²) in [6.45, 7) is 4.05. The summed E-state index contributed by atoms with van der Waals surface area (Å²) in [7, 11) is 0. The van der Waals surface area contributed by atoms with Crippen LogP contribution in [0, 0.1) is 5.92 Å². The second kappa shape index (κ2) is 7.00. The van der Waals surface area contributed by atoms with E-state index >= 15 is 0 Å². The lowest BCUT2D eigenvalue weighted by molar-refractivity contribution is -0.120. The monoisotopic (exact) mass is 345 g/mol. The minimum atomic E-state index is -0.170. The van der Waals surface area contributed by atoms with Crippen molar-refractivity contribution >= 4 is 34.0 Å². The zero-order chi connectivity index (χ0) is 17.1. The number of anilines is 2. The third kappa shape index (κ3) is 3.41. The number of hydrogen-bond donors (Lipinski definition) is 2. The van der Waals surface area contributed by atoms with Crippen molar-refractivity contribution in [2.75, 3.05) is 17.2 Å². The van der Waals surface area contributed by atoms with Gasteiger partial charge in [-0.15, -0.1) is 11.3 Å². The molecule has 7 heteroatoms. The molecule has 0 fully saturated rings. The molecule has 1 aliphatic heterocycles. The number of carbonyl (C=O) groups is 2. The second-order valence-corrected chi connectivity index (χ2v) is 6.45. The Balaban J connectivity index is 1.77. The lowest BCUT2D eigenvalue weighted by Crippen LogP contribution is -2.25. The Bertz CT molecular complexity index is 768. The van der Waals surface area contributed by atoms with E-state index in [0.717, 1.165) is 24.1 Å². The molecule has 1 aromatic carbocycles. The van der Waals surface area contributed by atoms with Gasteiger partial charge in [-0.3, -0.25) is 9.59 Å². The van der Waals surface area contributed by atoms with Gasteiger partial charge < -0.3 is 15.4 Å². The van der Waals surface area contributed by atoms with Gasteiger partial charge in [0.2, 0.25) is 5.91 Å². The number of thiazole rings is 1. The molecule has 1 aromatic heterocycles. The van der Waals surface area contributed by atoms with Crippen LogP contribution < -0.4 is 15.4 Å². The van der Waals surface area contributed by atoms with E-state index in [0.29, 0.717) is 16.6 Å². The third-order valence-electron chi connectivity index (χ3n) is 4.00. The Labute approximate surface area is 144 Å². The van der Waals surface area contributed by atoms with E-state index in [1.54, 1.807) is 0 Å². The van der Waals surface area contributed by atoms with Gasteiger partial charge in [-0.25, -0.2) is 4.98 Å². The predicted molar refractivity (Wildman–Crippen MR) is 94.4 cm³/mol. The summed E-state index contributed by atoms with van der Waals surface area (Å²) in [6.07, 6.45) is 1.62. The SMILES string of the molecule is CCC(CC)C(=O)Nc1nc(-c2ccc3c(c2)NC(=O)CO3)cs1. The fraction of sp³-hybridized carbons (Fsp3) is 0.353. The summed E-state index contributed by atoms with van der Waals surface area (Å²) in [5.74, 6) is 0.493. The summed E-state index contributed by atoms with van der Waals surface area (Å²) in [5, 5.41) is 8.13. The van der Waals surface area contributed by atoms with Crippen LogP contribution in [0.15, 0.2) is 23.6 Å². The standard InChI is InChI=1S/C17H19N3O3S/c1-3-10(4-2)16(22)20-17-19-13(9-24-17)11-5-6-14-12(7-11)18-15(21)8-23-14/h5-7,9-10H,3-4,8H2,1-2H3,(H,18,21)(H,19,20,22). The highest BCUT2D eigenvalue weighted by molar-refractivity contribution is 7.14. The molecule has 0 bridgehead atoms. The Morgan fingerprint density at radius 1 is 1.42 bits per heavy atom. The smallest absolute Gasteiger partial charge is 0.262 e. The quantitative estimate of drug-likeness (QED) is 0.869. The molecule has 0 saturated carbocycles. The lowest BCUT2D eigenvalue weighted by atomic mass is 10.0. The minimum absolute atomic E-state index is 0.00649. The van der Waals surface area contributed by atoms with Gasteiger partial charge >= 0.3 is 0 Å².